The third kappa shape index (κ3) is 2.67. The van der Waals surface area contributed by atoms with E-state index in [0.29, 0.717) is 11.3 Å². The molecule has 0 spiro atoms. The SMILES string of the molecule is OCc1c(-c2ccc(Br)cc2)noc1-c1c(F)cccc1Cl. The highest BCUT2D eigenvalue weighted by molar-refractivity contribution is 9.10. The van der Waals surface area contributed by atoms with Gasteiger partial charge in [-0.15, -0.1) is 0 Å². The Morgan fingerprint density at radius 2 is 1.91 bits per heavy atom. The quantitative estimate of drug-likeness (QED) is 0.689. The molecule has 0 bridgehead atoms. The lowest BCUT2D eigenvalue weighted by Crippen LogP contribution is -1.91. The van der Waals surface area contributed by atoms with E-state index in [0.717, 1.165) is 10.0 Å². The largest absolute Gasteiger partial charge is 0.391 e. The highest BCUT2D eigenvalue weighted by Crippen LogP contribution is 2.37. The molecular weight excluding hydrogens is 373 g/mol. The van der Waals surface area contributed by atoms with Gasteiger partial charge >= 0.3 is 0 Å². The lowest BCUT2D eigenvalue weighted by atomic mass is 10.0. The molecule has 6 heteroatoms. The molecular formula is C16H10BrClFNO2. The molecule has 3 nitrogen and oxygen atoms in total. The van der Waals surface area contributed by atoms with E-state index in [1.165, 1.54) is 12.1 Å². The molecule has 1 N–H and O–H groups in total. The third-order valence-electron chi connectivity index (χ3n) is 3.25. The molecule has 0 aliphatic rings. The van der Waals surface area contributed by atoms with E-state index in [-0.39, 0.29) is 23.0 Å². The number of hydrogen-bond acceptors (Lipinski definition) is 3. The molecule has 112 valence electrons. The standard InChI is InChI=1S/C16H10BrClFNO2/c17-10-6-4-9(5-7-10)15-11(8-21)16(22-20-15)14-12(18)2-1-3-13(14)19/h1-7,21H,8H2. The Bertz CT molecular complexity index is 797. The number of benzene rings is 2. The summed E-state index contributed by atoms with van der Waals surface area (Å²) in [5.74, 6) is -0.385. The van der Waals surface area contributed by atoms with Gasteiger partial charge in [0.15, 0.2) is 5.76 Å². The van der Waals surface area contributed by atoms with Gasteiger partial charge in [0.25, 0.3) is 0 Å². The van der Waals surface area contributed by atoms with Crippen molar-refractivity contribution in [2.45, 2.75) is 6.61 Å². The minimum absolute atomic E-state index is 0.101. The van der Waals surface area contributed by atoms with Gasteiger partial charge in [0.1, 0.15) is 11.5 Å². The normalized spacial score (nSPS) is 10.9. The predicted octanol–water partition coefficient (Wildman–Crippen LogP) is 5.06. The smallest absolute Gasteiger partial charge is 0.177 e. The van der Waals surface area contributed by atoms with Crippen molar-refractivity contribution >= 4 is 27.5 Å². The third-order valence-corrected chi connectivity index (χ3v) is 4.10. The van der Waals surface area contributed by atoms with Crippen molar-refractivity contribution < 1.29 is 14.0 Å². The number of aliphatic hydroxyl groups is 1. The maximum atomic E-state index is 14.1. The summed E-state index contributed by atoms with van der Waals surface area (Å²) in [5, 5.41) is 13.8. The lowest BCUT2D eigenvalue weighted by molar-refractivity contribution is 0.281. The fourth-order valence-corrected chi connectivity index (χ4v) is 2.71. The summed E-state index contributed by atoms with van der Waals surface area (Å²) < 4.78 is 20.2. The van der Waals surface area contributed by atoms with Crippen molar-refractivity contribution in [3.8, 4) is 22.6 Å². The zero-order valence-corrected chi connectivity index (χ0v) is 13.5. The van der Waals surface area contributed by atoms with Gasteiger partial charge in [0.2, 0.25) is 0 Å². The van der Waals surface area contributed by atoms with Crippen molar-refractivity contribution in [1.29, 1.82) is 0 Å². The van der Waals surface area contributed by atoms with Gasteiger partial charge < -0.3 is 9.63 Å². The first-order valence-electron chi connectivity index (χ1n) is 6.41. The fraction of sp³-hybridized carbons (Fsp3) is 0.0625. The van der Waals surface area contributed by atoms with Crippen LogP contribution in [-0.2, 0) is 6.61 Å². The van der Waals surface area contributed by atoms with E-state index in [9.17, 15) is 9.50 Å². The molecule has 3 aromatic rings. The molecule has 1 aromatic heterocycles. The maximum Gasteiger partial charge on any atom is 0.177 e. The summed E-state index contributed by atoms with van der Waals surface area (Å²) in [5.41, 5.74) is 1.72. The maximum absolute atomic E-state index is 14.1. The van der Waals surface area contributed by atoms with Gasteiger partial charge in [-0.2, -0.15) is 0 Å². The van der Waals surface area contributed by atoms with Crippen LogP contribution in [0.2, 0.25) is 5.02 Å². The van der Waals surface area contributed by atoms with Gasteiger partial charge in [-0.05, 0) is 24.3 Å². The Morgan fingerprint density at radius 3 is 2.55 bits per heavy atom. The molecule has 0 saturated heterocycles. The van der Waals surface area contributed by atoms with Crippen LogP contribution < -0.4 is 0 Å². The van der Waals surface area contributed by atoms with E-state index < -0.39 is 5.82 Å². The Kier molecular flexibility index (Phi) is 4.29. The highest BCUT2D eigenvalue weighted by atomic mass is 79.9. The molecule has 2 aromatic carbocycles. The Hall–Kier alpha value is -1.69. The summed E-state index contributed by atoms with van der Waals surface area (Å²) in [6.45, 7) is -0.338. The summed E-state index contributed by atoms with van der Waals surface area (Å²) in [6, 6.07) is 11.7. The highest BCUT2D eigenvalue weighted by Gasteiger charge is 2.22. The zero-order chi connectivity index (χ0) is 15.7. The van der Waals surface area contributed by atoms with Crippen molar-refractivity contribution in [3.05, 3.63) is 63.3 Å². The van der Waals surface area contributed by atoms with E-state index in [2.05, 4.69) is 21.1 Å². The van der Waals surface area contributed by atoms with E-state index in [1.807, 2.05) is 24.3 Å². The van der Waals surface area contributed by atoms with E-state index in [1.54, 1.807) is 6.07 Å². The van der Waals surface area contributed by atoms with Crippen molar-refractivity contribution in [2.75, 3.05) is 0 Å². The van der Waals surface area contributed by atoms with Gasteiger partial charge in [-0.3, -0.25) is 0 Å². The molecule has 0 atom stereocenters. The molecule has 0 aliphatic carbocycles. The first-order chi connectivity index (χ1) is 10.6. The lowest BCUT2D eigenvalue weighted by Gasteiger charge is -2.04. The van der Waals surface area contributed by atoms with Crippen molar-refractivity contribution in [3.63, 3.8) is 0 Å². The summed E-state index contributed by atoms with van der Waals surface area (Å²) in [7, 11) is 0. The van der Waals surface area contributed by atoms with Gasteiger partial charge in [-0.1, -0.05) is 50.9 Å². The number of rotatable bonds is 3. The number of halogens is 3. The summed E-state index contributed by atoms with van der Waals surface area (Å²) >= 11 is 9.41. The van der Waals surface area contributed by atoms with Crippen LogP contribution in [0.15, 0.2) is 51.5 Å². The fourth-order valence-electron chi connectivity index (χ4n) is 2.20. The Balaban J connectivity index is 2.18. The molecule has 22 heavy (non-hydrogen) atoms. The number of hydrogen-bond donors (Lipinski definition) is 1. The van der Waals surface area contributed by atoms with Crippen molar-refractivity contribution in [2.24, 2.45) is 0 Å². The second kappa shape index (κ2) is 6.20. The van der Waals surface area contributed by atoms with Gasteiger partial charge in [0, 0.05) is 10.0 Å². The second-order valence-electron chi connectivity index (χ2n) is 4.60. The minimum atomic E-state index is -0.527. The molecule has 0 fully saturated rings. The molecule has 3 rings (SSSR count). The van der Waals surface area contributed by atoms with Crippen LogP contribution in [-0.4, -0.2) is 10.3 Å². The predicted molar refractivity (Wildman–Crippen MR) is 86.0 cm³/mol. The molecule has 0 aliphatic heterocycles. The van der Waals surface area contributed by atoms with Crippen LogP contribution in [0.3, 0.4) is 0 Å². The Labute approximate surface area is 139 Å². The van der Waals surface area contributed by atoms with Crippen LogP contribution >= 0.6 is 27.5 Å². The van der Waals surface area contributed by atoms with Crippen LogP contribution in [0.4, 0.5) is 4.39 Å². The van der Waals surface area contributed by atoms with Gasteiger partial charge in [0.05, 0.1) is 22.8 Å². The van der Waals surface area contributed by atoms with Crippen LogP contribution in [0.1, 0.15) is 5.56 Å². The molecule has 0 radical (unpaired) electrons. The second-order valence-corrected chi connectivity index (χ2v) is 5.92. The first-order valence-corrected chi connectivity index (χ1v) is 7.58. The number of nitrogens with zero attached hydrogens (tertiary/aromatic N) is 1. The topological polar surface area (TPSA) is 46.3 Å². The molecule has 1 heterocycles. The number of aliphatic hydroxyl groups excluding tert-OH is 1. The summed E-state index contributed by atoms with van der Waals surface area (Å²) in [6.07, 6.45) is 0. The molecule has 0 unspecified atom stereocenters. The van der Waals surface area contributed by atoms with E-state index in [4.69, 9.17) is 16.1 Å². The summed E-state index contributed by atoms with van der Waals surface area (Å²) in [4.78, 5) is 0. The monoisotopic (exact) mass is 381 g/mol. The van der Waals surface area contributed by atoms with Crippen molar-refractivity contribution in [1.82, 2.24) is 5.16 Å². The average molecular weight is 383 g/mol. The number of aromatic nitrogens is 1. The molecule has 0 saturated carbocycles. The van der Waals surface area contributed by atoms with E-state index >= 15 is 0 Å². The minimum Gasteiger partial charge on any atom is -0.391 e. The Morgan fingerprint density at radius 1 is 1.18 bits per heavy atom. The first kappa shape index (κ1) is 15.2. The zero-order valence-electron chi connectivity index (χ0n) is 11.2. The average Bonchev–Trinajstić information content (AvgIpc) is 2.91. The van der Waals surface area contributed by atoms with Crippen LogP contribution in [0, 0.1) is 5.82 Å². The molecule has 0 amide bonds. The van der Waals surface area contributed by atoms with Gasteiger partial charge in [-0.25, -0.2) is 4.39 Å². The van der Waals surface area contributed by atoms with Crippen LogP contribution in [0.5, 0.6) is 0 Å². The van der Waals surface area contributed by atoms with Crippen LogP contribution in [0.25, 0.3) is 22.6 Å².